The van der Waals surface area contributed by atoms with Gasteiger partial charge in [-0.05, 0) is 30.3 Å². The Labute approximate surface area is 156 Å². The van der Waals surface area contributed by atoms with Gasteiger partial charge in [-0.25, -0.2) is 14.4 Å². The van der Waals surface area contributed by atoms with Crippen molar-refractivity contribution in [1.82, 2.24) is 15.0 Å². The standard InChI is InChI=1S/C18H10ClFN4OS/c19-9-1-3-11(12(20)5-9)16-17-15(23-8-26-17)18(25)24(16)10-2-4-13-14(6-10)22-7-21-13/h1-8,16H,(H,21,22). The number of nitrogens with zero attached hydrogens (tertiary/aromatic N) is 3. The smallest absolute Gasteiger partial charge is 0.279 e. The molecule has 0 spiro atoms. The summed E-state index contributed by atoms with van der Waals surface area (Å²) in [7, 11) is 0. The lowest BCUT2D eigenvalue weighted by molar-refractivity contribution is 0.0989. The van der Waals surface area contributed by atoms with Crippen LogP contribution in [0.2, 0.25) is 5.02 Å². The van der Waals surface area contributed by atoms with E-state index in [-0.39, 0.29) is 5.91 Å². The second kappa shape index (κ2) is 5.62. The molecule has 8 heteroatoms. The minimum absolute atomic E-state index is 0.250. The van der Waals surface area contributed by atoms with Gasteiger partial charge in [-0.2, -0.15) is 0 Å². The van der Waals surface area contributed by atoms with Gasteiger partial charge in [0.1, 0.15) is 17.6 Å². The largest absolute Gasteiger partial charge is 0.345 e. The van der Waals surface area contributed by atoms with Gasteiger partial charge in [0.2, 0.25) is 0 Å². The molecule has 5 nitrogen and oxygen atoms in total. The topological polar surface area (TPSA) is 61.9 Å². The fourth-order valence-corrected chi connectivity index (χ4v) is 4.35. The maximum absolute atomic E-state index is 14.7. The number of hydrogen-bond acceptors (Lipinski definition) is 4. The summed E-state index contributed by atoms with van der Waals surface area (Å²) >= 11 is 7.24. The van der Waals surface area contributed by atoms with Crippen LogP contribution in [-0.4, -0.2) is 20.9 Å². The summed E-state index contributed by atoms with van der Waals surface area (Å²) in [5.74, 6) is -0.705. The van der Waals surface area contributed by atoms with E-state index in [9.17, 15) is 9.18 Å². The number of rotatable bonds is 2. The quantitative estimate of drug-likeness (QED) is 0.551. The highest BCUT2D eigenvalue weighted by molar-refractivity contribution is 7.10. The van der Waals surface area contributed by atoms with Crippen LogP contribution < -0.4 is 4.90 Å². The summed E-state index contributed by atoms with van der Waals surface area (Å²) in [6.45, 7) is 0. The highest BCUT2D eigenvalue weighted by Crippen LogP contribution is 2.44. The molecular formula is C18H10ClFN4OS. The van der Waals surface area contributed by atoms with Crippen molar-refractivity contribution in [3.05, 3.63) is 75.2 Å². The number of amides is 1. The molecule has 2 aromatic carbocycles. The van der Waals surface area contributed by atoms with Gasteiger partial charge in [0.05, 0.1) is 27.7 Å². The SMILES string of the molecule is O=C1c2ncsc2C(c2ccc(Cl)cc2F)N1c1ccc2nc[nH]c2c1. The normalized spacial score (nSPS) is 16.5. The summed E-state index contributed by atoms with van der Waals surface area (Å²) < 4.78 is 14.7. The van der Waals surface area contributed by atoms with Crippen LogP contribution in [0.25, 0.3) is 11.0 Å². The van der Waals surface area contributed by atoms with Crippen LogP contribution in [0.4, 0.5) is 10.1 Å². The number of carbonyl (C=O) groups is 1. The van der Waals surface area contributed by atoms with Gasteiger partial charge in [0.15, 0.2) is 0 Å². The number of fused-ring (bicyclic) bond motifs is 2. The molecule has 0 bridgehead atoms. The molecule has 1 atom stereocenters. The molecule has 0 radical (unpaired) electrons. The number of anilines is 1. The van der Waals surface area contributed by atoms with Crippen molar-refractivity contribution in [3.8, 4) is 0 Å². The van der Waals surface area contributed by atoms with Crippen LogP contribution in [0.3, 0.4) is 0 Å². The summed E-state index contributed by atoms with van der Waals surface area (Å²) in [6.07, 6.45) is 1.59. The van der Waals surface area contributed by atoms with E-state index >= 15 is 0 Å². The Morgan fingerprint density at radius 3 is 2.92 bits per heavy atom. The van der Waals surface area contributed by atoms with Crippen LogP contribution in [0, 0.1) is 5.82 Å². The van der Waals surface area contributed by atoms with E-state index in [1.165, 1.54) is 17.4 Å². The van der Waals surface area contributed by atoms with Gasteiger partial charge in [0.25, 0.3) is 5.91 Å². The number of aromatic amines is 1. The van der Waals surface area contributed by atoms with E-state index in [4.69, 9.17) is 11.6 Å². The second-order valence-corrected chi connectivity index (χ2v) is 7.24. The highest BCUT2D eigenvalue weighted by Gasteiger charge is 2.42. The first-order chi connectivity index (χ1) is 12.6. The lowest BCUT2D eigenvalue weighted by atomic mass is 10.0. The summed E-state index contributed by atoms with van der Waals surface area (Å²) in [6, 6.07) is 9.38. The zero-order chi connectivity index (χ0) is 17.8. The van der Waals surface area contributed by atoms with Crippen molar-refractivity contribution >= 4 is 45.6 Å². The van der Waals surface area contributed by atoms with E-state index in [2.05, 4.69) is 15.0 Å². The van der Waals surface area contributed by atoms with Crippen molar-refractivity contribution in [2.45, 2.75) is 6.04 Å². The number of thiazole rings is 1. The van der Waals surface area contributed by atoms with Gasteiger partial charge in [-0.1, -0.05) is 17.7 Å². The lowest BCUT2D eigenvalue weighted by Gasteiger charge is -2.26. The third kappa shape index (κ3) is 2.17. The molecule has 0 saturated heterocycles. The molecule has 0 saturated carbocycles. The molecule has 0 fully saturated rings. The maximum atomic E-state index is 14.7. The Balaban J connectivity index is 1.71. The third-order valence-corrected chi connectivity index (χ3v) is 5.58. The van der Waals surface area contributed by atoms with Crippen molar-refractivity contribution < 1.29 is 9.18 Å². The van der Waals surface area contributed by atoms with E-state index in [1.54, 1.807) is 34.9 Å². The van der Waals surface area contributed by atoms with Crippen LogP contribution in [0.1, 0.15) is 27.0 Å². The van der Waals surface area contributed by atoms with Crippen LogP contribution >= 0.6 is 22.9 Å². The molecule has 1 N–H and O–H groups in total. The number of nitrogens with one attached hydrogen (secondary N) is 1. The highest BCUT2D eigenvalue weighted by atomic mass is 35.5. The van der Waals surface area contributed by atoms with Crippen molar-refractivity contribution in [2.24, 2.45) is 0 Å². The maximum Gasteiger partial charge on any atom is 0.279 e. The van der Waals surface area contributed by atoms with E-state index in [0.717, 1.165) is 15.9 Å². The number of carbonyl (C=O) groups excluding carboxylic acids is 1. The number of halogens is 2. The average Bonchev–Trinajstić information content (AvgIpc) is 3.32. The fourth-order valence-electron chi connectivity index (χ4n) is 3.30. The lowest BCUT2D eigenvalue weighted by Crippen LogP contribution is -2.29. The molecule has 4 aromatic rings. The molecule has 5 rings (SSSR count). The predicted octanol–water partition coefficient (Wildman–Crippen LogP) is 4.56. The summed E-state index contributed by atoms with van der Waals surface area (Å²) in [4.78, 5) is 26.7. The van der Waals surface area contributed by atoms with Gasteiger partial charge in [0, 0.05) is 16.3 Å². The molecule has 1 aliphatic heterocycles. The summed E-state index contributed by atoms with van der Waals surface area (Å²) in [5.41, 5.74) is 4.60. The van der Waals surface area contributed by atoms with Crippen molar-refractivity contribution in [1.29, 1.82) is 0 Å². The molecule has 3 heterocycles. The van der Waals surface area contributed by atoms with Gasteiger partial charge in [-0.15, -0.1) is 11.3 Å². The van der Waals surface area contributed by atoms with Crippen LogP contribution in [0.5, 0.6) is 0 Å². The average molecular weight is 385 g/mol. The minimum Gasteiger partial charge on any atom is -0.345 e. The van der Waals surface area contributed by atoms with Gasteiger partial charge >= 0.3 is 0 Å². The van der Waals surface area contributed by atoms with Crippen molar-refractivity contribution in [3.63, 3.8) is 0 Å². The first kappa shape index (κ1) is 15.5. The number of hydrogen-bond donors (Lipinski definition) is 1. The minimum atomic E-state index is -0.581. The first-order valence-corrected chi connectivity index (χ1v) is 9.04. The molecule has 0 aliphatic carbocycles. The van der Waals surface area contributed by atoms with Crippen LogP contribution in [0.15, 0.2) is 48.2 Å². The molecule has 2 aromatic heterocycles. The zero-order valence-corrected chi connectivity index (χ0v) is 14.7. The van der Waals surface area contributed by atoms with Crippen LogP contribution in [-0.2, 0) is 0 Å². The fraction of sp³-hybridized carbons (Fsp3) is 0.0556. The first-order valence-electron chi connectivity index (χ1n) is 7.78. The number of imidazole rings is 1. The molecule has 26 heavy (non-hydrogen) atoms. The number of benzene rings is 2. The molecule has 1 amide bonds. The van der Waals surface area contributed by atoms with Gasteiger partial charge < -0.3 is 4.98 Å². The van der Waals surface area contributed by atoms with E-state index in [0.29, 0.717) is 22.0 Å². The predicted molar refractivity (Wildman–Crippen MR) is 98.3 cm³/mol. The monoisotopic (exact) mass is 384 g/mol. The number of aromatic nitrogens is 3. The molecule has 128 valence electrons. The zero-order valence-electron chi connectivity index (χ0n) is 13.1. The number of H-pyrrole nitrogens is 1. The summed E-state index contributed by atoms with van der Waals surface area (Å²) in [5, 5.41) is 0.311. The Bertz CT molecular complexity index is 1170. The Morgan fingerprint density at radius 2 is 2.08 bits per heavy atom. The molecule has 1 unspecified atom stereocenters. The Kier molecular flexibility index (Phi) is 3.35. The Morgan fingerprint density at radius 1 is 1.19 bits per heavy atom. The molecule has 1 aliphatic rings. The molecular weight excluding hydrogens is 375 g/mol. The Hall–Kier alpha value is -2.77. The third-order valence-electron chi connectivity index (χ3n) is 4.46. The van der Waals surface area contributed by atoms with E-state index in [1.807, 2.05) is 12.1 Å². The van der Waals surface area contributed by atoms with E-state index < -0.39 is 11.9 Å². The second-order valence-electron chi connectivity index (χ2n) is 5.91. The van der Waals surface area contributed by atoms with Crippen molar-refractivity contribution in [2.75, 3.05) is 4.90 Å². The van der Waals surface area contributed by atoms with Gasteiger partial charge in [-0.3, -0.25) is 9.69 Å².